The molecule has 1 amide bonds. The van der Waals surface area contributed by atoms with E-state index in [-0.39, 0.29) is 5.91 Å². The third kappa shape index (κ3) is 4.10. The number of piperazine rings is 1. The Labute approximate surface area is 195 Å². The molecule has 2 unspecified atom stereocenters. The number of nitrogens with one attached hydrogen (secondary N) is 1. The standard InChI is InChI=1S/C24H22Cl2N2O4/c1-13(24(30)28-11-15-3-4-16(12-28)27-15)31-17-5-7-19-20(10-23(29)32-22(19)9-17)18-6-2-14(25)8-21(18)26/h2,5-10,13,15-16,27H,3-4,11-12H2,1H3/t13-,15?,16?/m1/s1. The predicted molar refractivity (Wildman–Crippen MR) is 125 cm³/mol. The van der Waals surface area contributed by atoms with Gasteiger partial charge >= 0.3 is 5.63 Å². The van der Waals surface area contributed by atoms with E-state index in [1.54, 1.807) is 43.3 Å². The molecule has 2 aromatic carbocycles. The van der Waals surface area contributed by atoms with Crippen LogP contribution in [0.4, 0.5) is 0 Å². The summed E-state index contributed by atoms with van der Waals surface area (Å²) in [6, 6.07) is 12.5. The molecule has 8 heteroatoms. The van der Waals surface area contributed by atoms with Crippen molar-refractivity contribution >= 4 is 40.1 Å². The number of benzene rings is 2. The van der Waals surface area contributed by atoms with Crippen molar-refractivity contribution in [1.29, 1.82) is 0 Å². The first-order valence-electron chi connectivity index (χ1n) is 10.6. The largest absolute Gasteiger partial charge is 0.481 e. The van der Waals surface area contributed by atoms with Gasteiger partial charge in [0.25, 0.3) is 5.91 Å². The Morgan fingerprint density at radius 1 is 1.09 bits per heavy atom. The van der Waals surface area contributed by atoms with Crippen molar-refractivity contribution < 1.29 is 13.9 Å². The van der Waals surface area contributed by atoms with Gasteiger partial charge in [-0.05, 0) is 44.0 Å². The molecule has 0 spiro atoms. The molecular formula is C24H22Cl2N2O4. The maximum atomic E-state index is 12.9. The molecule has 6 nitrogen and oxygen atoms in total. The number of fused-ring (bicyclic) bond motifs is 3. The second kappa shape index (κ2) is 8.43. The van der Waals surface area contributed by atoms with Crippen LogP contribution in [0.5, 0.6) is 5.75 Å². The van der Waals surface area contributed by atoms with Gasteiger partial charge in [0.1, 0.15) is 11.3 Å². The van der Waals surface area contributed by atoms with E-state index in [2.05, 4.69) is 5.32 Å². The first kappa shape index (κ1) is 21.3. The lowest BCUT2D eigenvalue weighted by Gasteiger charge is -2.34. The second-order valence-corrected chi connectivity index (χ2v) is 9.25. The highest BCUT2D eigenvalue weighted by Gasteiger charge is 2.36. The number of halogens is 2. The summed E-state index contributed by atoms with van der Waals surface area (Å²) in [6.07, 6.45) is 1.56. The van der Waals surface area contributed by atoms with Gasteiger partial charge in [-0.3, -0.25) is 4.79 Å². The van der Waals surface area contributed by atoms with Crippen LogP contribution in [0, 0.1) is 0 Å². The number of ether oxygens (including phenoxy) is 1. The minimum Gasteiger partial charge on any atom is -0.481 e. The maximum Gasteiger partial charge on any atom is 0.336 e. The first-order chi connectivity index (χ1) is 15.4. The zero-order valence-electron chi connectivity index (χ0n) is 17.4. The minimum absolute atomic E-state index is 0.0355. The molecule has 5 rings (SSSR count). The molecule has 3 heterocycles. The zero-order chi connectivity index (χ0) is 22.4. The molecule has 1 aromatic heterocycles. The summed E-state index contributed by atoms with van der Waals surface area (Å²) in [7, 11) is 0. The van der Waals surface area contributed by atoms with E-state index in [4.69, 9.17) is 32.4 Å². The van der Waals surface area contributed by atoms with Crippen LogP contribution in [0.25, 0.3) is 22.1 Å². The van der Waals surface area contributed by atoms with E-state index >= 15 is 0 Å². The van der Waals surface area contributed by atoms with Crippen molar-refractivity contribution in [3.8, 4) is 16.9 Å². The molecule has 0 radical (unpaired) electrons. The fraction of sp³-hybridized carbons (Fsp3) is 0.333. The molecule has 2 aliphatic rings. The number of carbonyl (C=O) groups excluding carboxylic acids is 1. The van der Waals surface area contributed by atoms with Gasteiger partial charge in [-0.15, -0.1) is 0 Å². The van der Waals surface area contributed by atoms with E-state index in [1.165, 1.54) is 6.07 Å². The summed E-state index contributed by atoms with van der Waals surface area (Å²) in [5.41, 5.74) is 1.18. The number of hydrogen-bond donors (Lipinski definition) is 1. The minimum atomic E-state index is -0.648. The molecular weight excluding hydrogens is 451 g/mol. The van der Waals surface area contributed by atoms with Crippen LogP contribution in [0.1, 0.15) is 19.8 Å². The maximum absolute atomic E-state index is 12.9. The lowest BCUT2D eigenvalue weighted by molar-refractivity contribution is -0.139. The normalized spacial score (nSPS) is 21.0. The van der Waals surface area contributed by atoms with Crippen LogP contribution in [0.2, 0.25) is 10.0 Å². The van der Waals surface area contributed by atoms with Crippen LogP contribution in [-0.4, -0.2) is 42.1 Å². The molecule has 3 atom stereocenters. The molecule has 0 saturated carbocycles. The van der Waals surface area contributed by atoms with E-state index in [9.17, 15) is 9.59 Å². The average molecular weight is 473 g/mol. The number of nitrogens with zero attached hydrogens (tertiary/aromatic N) is 1. The van der Waals surface area contributed by atoms with Gasteiger partial charge in [-0.2, -0.15) is 0 Å². The van der Waals surface area contributed by atoms with Crippen LogP contribution in [0.15, 0.2) is 51.7 Å². The van der Waals surface area contributed by atoms with Crippen molar-refractivity contribution in [3.05, 3.63) is 62.9 Å². The SMILES string of the molecule is C[C@@H](Oc1ccc2c(-c3ccc(Cl)cc3Cl)cc(=O)oc2c1)C(=O)N1CC2CCC(C1)N2. The predicted octanol–water partition coefficient (Wildman–Crippen LogP) is 4.50. The van der Waals surface area contributed by atoms with Gasteiger partial charge in [-0.25, -0.2) is 4.79 Å². The highest BCUT2D eigenvalue weighted by molar-refractivity contribution is 6.36. The molecule has 2 saturated heterocycles. The molecule has 2 bridgehead atoms. The summed E-state index contributed by atoms with van der Waals surface area (Å²) in [4.78, 5) is 27.0. The molecule has 1 N–H and O–H groups in total. The average Bonchev–Trinajstić information content (AvgIpc) is 3.09. The van der Waals surface area contributed by atoms with Gasteiger partial charge < -0.3 is 19.4 Å². The summed E-state index contributed by atoms with van der Waals surface area (Å²) in [5.74, 6) is 0.422. The summed E-state index contributed by atoms with van der Waals surface area (Å²) >= 11 is 12.4. The van der Waals surface area contributed by atoms with Gasteiger partial charge in [0.2, 0.25) is 0 Å². The monoisotopic (exact) mass is 472 g/mol. The van der Waals surface area contributed by atoms with Crippen LogP contribution < -0.4 is 15.7 Å². The van der Waals surface area contributed by atoms with Crippen LogP contribution in [0.3, 0.4) is 0 Å². The highest BCUT2D eigenvalue weighted by atomic mass is 35.5. The van der Waals surface area contributed by atoms with Crippen LogP contribution in [-0.2, 0) is 4.79 Å². The number of amides is 1. The third-order valence-electron chi connectivity index (χ3n) is 6.13. The molecule has 166 valence electrons. The van der Waals surface area contributed by atoms with Gasteiger partial charge in [0.15, 0.2) is 6.10 Å². The van der Waals surface area contributed by atoms with E-state index in [0.29, 0.717) is 63.1 Å². The summed E-state index contributed by atoms with van der Waals surface area (Å²) in [6.45, 7) is 3.16. The molecule has 3 aromatic rings. The van der Waals surface area contributed by atoms with Crippen molar-refractivity contribution in [2.45, 2.75) is 38.0 Å². The Kier molecular flexibility index (Phi) is 5.61. The molecule has 32 heavy (non-hydrogen) atoms. The summed E-state index contributed by atoms with van der Waals surface area (Å²) in [5, 5.41) is 5.18. The quantitative estimate of drug-likeness (QED) is 0.566. The van der Waals surface area contributed by atoms with Crippen molar-refractivity contribution in [1.82, 2.24) is 10.2 Å². The Hall–Kier alpha value is -2.54. The Bertz CT molecular complexity index is 1250. The number of likely N-dealkylation sites (tertiary alicyclic amines) is 1. The molecule has 0 aliphatic carbocycles. The molecule has 2 fully saturated rings. The Morgan fingerprint density at radius 2 is 1.84 bits per heavy atom. The number of carbonyl (C=O) groups is 1. The number of rotatable bonds is 4. The lowest BCUT2D eigenvalue weighted by Crippen LogP contribution is -2.55. The summed E-state index contributed by atoms with van der Waals surface area (Å²) < 4.78 is 11.4. The fourth-order valence-electron chi connectivity index (χ4n) is 4.64. The van der Waals surface area contributed by atoms with Crippen molar-refractivity contribution in [2.75, 3.05) is 13.1 Å². The first-order valence-corrected chi connectivity index (χ1v) is 11.4. The van der Waals surface area contributed by atoms with Crippen molar-refractivity contribution in [2.24, 2.45) is 0 Å². The molecule has 2 aliphatic heterocycles. The smallest absolute Gasteiger partial charge is 0.336 e. The van der Waals surface area contributed by atoms with E-state index < -0.39 is 11.7 Å². The third-order valence-corrected chi connectivity index (χ3v) is 6.67. The zero-order valence-corrected chi connectivity index (χ0v) is 18.9. The number of hydrogen-bond acceptors (Lipinski definition) is 5. The fourth-order valence-corrected chi connectivity index (χ4v) is 5.15. The Morgan fingerprint density at radius 3 is 2.56 bits per heavy atom. The van der Waals surface area contributed by atoms with E-state index in [0.717, 1.165) is 12.8 Å². The second-order valence-electron chi connectivity index (χ2n) is 8.40. The lowest BCUT2D eigenvalue weighted by atomic mass is 10.0. The highest BCUT2D eigenvalue weighted by Crippen LogP contribution is 2.35. The Balaban J connectivity index is 1.41. The van der Waals surface area contributed by atoms with Gasteiger partial charge in [0.05, 0.1) is 0 Å². The van der Waals surface area contributed by atoms with E-state index in [1.807, 2.05) is 4.90 Å². The van der Waals surface area contributed by atoms with Crippen LogP contribution >= 0.6 is 23.2 Å². The van der Waals surface area contributed by atoms with Gasteiger partial charge in [0, 0.05) is 63.9 Å². The topological polar surface area (TPSA) is 71.8 Å². The van der Waals surface area contributed by atoms with Crippen molar-refractivity contribution in [3.63, 3.8) is 0 Å². The van der Waals surface area contributed by atoms with Gasteiger partial charge in [-0.1, -0.05) is 29.3 Å².